The van der Waals surface area contributed by atoms with E-state index in [1.165, 1.54) is 19.1 Å². The van der Waals surface area contributed by atoms with Crippen molar-refractivity contribution in [2.45, 2.75) is 17.9 Å². The normalized spacial score (nSPS) is 15.7. The van der Waals surface area contributed by atoms with E-state index in [0.717, 1.165) is 21.8 Å². The molecule has 3 aromatic carbocycles. The number of nitrogens with one attached hydrogen (secondary N) is 1. The van der Waals surface area contributed by atoms with Crippen molar-refractivity contribution >= 4 is 49.7 Å². The number of sulfonamides is 1. The predicted molar refractivity (Wildman–Crippen MR) is 103 cm³/mol. The molecule has 27 heavy (non-hydrogen) atoms. The summed E-state index contributed by atoms with van der Waals surface area (Å²) in [4.78, 5) is 12.9. The quantitative estimate of drug-likeness (QED) is 0.712. The molecule has 0 fully saturated rings. The van der Waals surface area contributed by atoms with E-state index >= 15 is 0 Å². The Morgan fingerprint density at radius 2 is 1.85 bits per heavy atom. The highest BCUT2D eigenvalue weighted by molar-refractivity contribution is 7.93. The molecule has 1 amide bonds. The van der Waals surface area contributed by atoms with Gasteiger partial charge in [0.25, 0.3) is 10.0 Å². The third kappa shape index (κ3) is 2.74. The predicted octanol–water partition coefficient (Wildman–Crippen LogP) is 4.17. The van der Waals surface area contributed by atoms with Crippen molar-refractivity contribution in [2.75, 3.05) is 9.62 Å². The number of nitrogens with zero attached hydrogens (tertiary/aromatic N) is 1. The van der Waals surface area contributed by atoms with Gasteiger partial charge in [-0.2, -0.15) is 0 Å². The molecule has 0 spiro atoms. The van der Waals surface area contributed by atoms with E-state index in [1.807, 2.05) is 12.1 Å². The molecule has 1 N–H and O–H groups in total. The lowest BCUT2D eigenvalue weighted by molar-refractivity contribution is -0.116. The van der Waals surface area contributed by atoms with Gasteiger partial charge >= 0.3 is 0 Å². The lowest BCUT2D eigenvalue weighted by Gasteiger charge is -2.25. The van der Waals surface area contributed by atoms with Crippen molar-refractivity contribution in [1.82, 2.24) is 0 Å². The topological polar surface area (TPSA) is 66.5 Å². The van der Waals surface area contributed by atoms with E-state index in [9.17, 15) is 17.6 Å². The average molecular weight is 405 g/mol. The SMILES string of the molecule is C[C@H](C(=O)Nc1ccc(F)cc1Cl)N1c2cccc3cccc(c23)S1(=O)=O. The van der Waals surface area contributed by atoms with E-state index in [1.54, 1.807) is 18.2 Å². The van der Waals surface area contributed by atoms with Crippen molar-refractivity contribution < 1.29 is 17.6 Å². The molecular formula is C19H14ClFN2O3S. The van der Waals surface area contributed by atoms with Crippen LogP contribution in [0.25, 0.3) is 10.8 Å². The van der Waals surface area contributed by atoms with Crippen LogP contribution in [0, 0.1) is 5.82 Å². The largest absolute Gasteiger partial charge is 0.323 e. The van der Waals surface area contributed by atoms with Crippen molar-refractivity contribution in [1.29, 1.82) is 0 Å². The van der Waals surface area contributed by atoms with Crippen LogP contribution in [0.5, 0.6) is 0 Å². The van der Waals surface area contributed by atoms with Crippen LogP contribution >= 0.6 is 11.6 Å². The zero-order valence-electron chi connectivity index (χ0n) is 14.1. The zero-order valence-corrected chi connectivity index (χ0v) is 15.7. The van der Waals surface area contributed by atoms with E-state index in [0.29, 0.717) is 11.1 Å². The summed E-state index contributed by atoms with van der Waals surface area (Å²) in [5.41, 5.74) is 0.665. The Morgan fingerprint density at radius 3 is 2.56 bits per heavy atom. The fourth-order valence-corrected chi connectivity index (χ4v) is 5.35. The number of hydrogen-bond acceptors (Lipinski definition) is 3. The zero-order chi connectivity index (χ0) is 19.3. The van der Waals surface area contributed by atoms with Crippen LogP contribution in [0.4, 0.5) is 15.8 Å². The maximum atomic E-state index is 13.2. The smallest absolute Gasteiger partial charge is 0.265 e. The molecule has 138 valence electrons. The van der Waals surface area contributed by atoms with E-state index in [4.69, 9.17) is 11.6 Å². The number of rotatable bonds is 3. The van der Waals surface area contributed by atoms with Gasteiger partial charge in [-0.05, 0) is 42.6 Å². The maximum absolute atomic E-state index is 13.2. The fourth-order valence-electron chi connectivity index (χ4n) is 3.27. The molecule has 0 aromatic heterocycles. The molecule has 0 radical (unpaired) electrons. The lowest BCUT2D eigenvalue weighted by atomic mass is 10.1. The lowest BCUT2D eigenvalue weighted by Crippen LogP contribution is -2.44. The Hall–Kier alpha value is -2.64. The number of carbonyl (C=O) groups is 1. The Bertz CT molecular complexity index is 1190. The van der Waals surface area contributed by atoms with Crippen LogP contribution < -0.4 is 9.62 Å². The molecule has 8 heteroatoms. The summed E-state index contributed by atoms with van der Waals surface area (Å²) in [6, 6.07) is 12.8. The number of hydrogen-bond donors (Lipinski definition) is 1. The van der Waals surface area contributed by atoms with Crippen molar-refractivity contribution in [3.05, 3.63) is 65.4 Å². The van der Waals surface area contributed by atoms with Crippen molar-refractivity contribution in [3.8, 4) is 0 Å². The van der Waals surface area contributed by atoms with Gasteiger partial charge in [0.05, 0.1) is 21.3 Å². The third-order valence-corrected chi connectivity index (χ3v) is 6.78. The van der Waals surface area contributed by atoms with Gasteiger partial charge in [0.15, 0.2) is 0 Å². The Morgan fingerprint density at radius 1 is 1.15 bits per heavy atom. The molecule has 0 saturated heterocycles. The van der Waals surface area contributed by atoms with Crippen molar-refractivity contribution in [3.63, 3.8) is 0 Å². The minimum atomic E-state index is -3.87. The highest BCUT2D eigenvalue weighted by Gasteiger charge is 2.40. The van der Waals surface area contributed by atoms with E-state index in [2.05, 4.69) is 5.32 Å². The average Bonchev–Trinajstić information content (AvgIpc) is 2.86. The van der Waals surface area contributed by atoms with Crippen LogP contribution in [0.3, 0.4) is 0 Å². The number of anilines is 2. The first-order valence-electron chi connectivity index (χ1n) is 8.13. The molecule has 1 atom stereocenters. The standard InChI is InChI=1S/C19H14ClFN2O3S/c1-11(19(24)22-15-9-8-13(21)10-14(15)20)23-16-6-2-4-12-5-3-7-17(18(12)16)27(23,25)26/h2-11H,1H3,(H,22,24)/t11-/m1/s1. The second kappa shape index (κ2) is 6.21. The number of halogens is 2. The maximum Gasteiger partial charge on any atom is 0.265 e. The second-order valence-electron chi connectivity index (χ2n) is 6.22. The van der Waals surface area contributed by atoms with Gasteiger partial charge in [-0.15, -0.1) is 0 Å². The van der Waals surface area contributed by atoms with Crippen LogP contribution in [-0.2, 0) is 14.8 Å². The monoisotopic (exact) mass is 404 g/mol. The minimum absolute atomic E-state index is 0.0326. The molecule has 1 aliphatic heterocycles. The Kier molecular flexibility index (Phi) is 4.09. The van der Waals surface area contributed by atoms with Crippen LogP contribution in [0.15, 0.2) is 59.5 Å². The number of carbonyl (C=O) groups excluding carboxylic acids is 1. The van der Waals surface area contributed by atoms with Crippen LogP contribution in [-0.4, -0.2) is 20.4 Å². The molecule has 0 aliphatic carbocycles. The molecule has 1 heterocycles. The molecule has 4 rings (SSSR count). The first kappa shape index (κ1) is 17.8. The van der Waals surface area contributed by atoms with Gasteiger partial charge in [-0.25, -0.2) is 12.8 Å². The van der Waals surface area contributed by atoms with E-state index < -0.39 is 27.8 Å². The van der Waals surface area contributed by atoms with Gasteiger partial charge in [0.2, 0.25) is 5.91 Å². The molecule has 0 unspecified atom stereocenters. The summed E-state index contributed by atoms with van der Waals surface area (Å²) in [5, 5.41) is 3.98. The molecule has 5 nitrogen and oxygen atoms in total. The van der Waals surface area contributed by atoms with Crippen LogP contribution in [0.1, 0.15) is 6.92 Å². The highest BCUT2D eigenvalue weighted by Crippen LogP contribution is 2.43. The summed E-state index contributed by atoms with van der Waals surface area (Å²) < 4.78 is 40.4. The first-order valence-corrected chi connectivity index (χ1v) is 9.94. The number of benzene rings is 3. The van der Waals surface area contributed by atoms with Crippen molar-refractivity contribution in [2.24, 2.45) is 0 Å². The van der Waals surface area contributed by atoms with Gasteiger partial charge in [-0.1, -0.05) is 35.9 Å². The molecule has 0 saturated carbocycles. The second-order valence-corrected chi connectivity index (χ2v) is 8.41. The minimum Gasteiger partial charge on any atom is -0.323 e. The number of amides is 1. The Labute approximate surface area is 160 Å². The van der Waals surface area contributed by atoms with Gasteiger partial charge in [-0.3, -0.25) is 9.10 Å². The summed E-state index contributed by atoms with van der Waals surface area (Å²) in [6.45, 7) is 1.50. The molecule has 0 bridgehead atoms. The summed E-state index contributed by atoms with van der Waals surface area (Å²) >= 11 is 5.95. The highest BCUT2D eigenvalue weighted by atomic mass is 35.5. The van der Waals surface area contributed by atoms with Gasteiger partial charge < -0.3 is 5.32 Å². The summed E-state index contributed by atoms with van der Waals surface area (Å²) in [6.07, 6.45) is 0. The van der Waals surface area contributed by atoms with Crippen LogP contribution in [0.2, 0.25) is 5.02 Å². The van der Waals surface area contributed by atoms with E-state index in [-0.39, 0.29) is 15.6 Å². The molecular weight excluding hydrogens is 391 g/mol. The molecule has 3 aromatic rings. The van der Waals surface area contributed by atoms with Gasteiger partial charge in [0.1, 0.15) is 11.9 Å². The van der Waals surface area contributed by atoms with Gasteiger partial charge in [0, 0.05) is 5.39 Å². The first-order chi connectivity index (χ1) is 12.8. The molecule has 1 aliphatic rings. The summed E-state index contributed by atoms with van der Waals surface area (Å²) in [7, 11) is -3.87. The fraction of sp³-hybridized carbons (Fsp3) is 0.105. The summed E-state index contributed by atoms with van der Waals surface area (Å²) in [5.74, 6) is -1.10. The third-order valence-electron chi connectivity index (χ3n) is 4.54. The Balaban J connectivity index is 1.73.